The van der Waals surface area contributed by atoms with Crippen LogP contribution in [0.3, 0.4) is 0 Å². The van der Waals surface area contributed by atoms with Gasteiger partial charge >= 0.3 is 0 Å². The number of hydrogen-bond donors (Lipinski definition) is 2. The quantitative estimate of drug-likeness (QED) is 0.340. The standard InChI is InChI=1S/C29H52N2/c1-22(2)23-17-24(28(7,8)20-26(3,4)13-11-15-30)19-25(18-23)29(9,10)21-27(5,6)14-12-16-31/h17-19H,1,11-16,20-21,30-31H2,2-10H3. The molecule has 0 saturated carbocycles. The van der Waals surface area contributed by atoms with Crippen LogP contribution in [0.15, 0.2) is 24.8 Å². The van der Waals surface area contributed by atoms with Crippen molar-refractivity contribution in [3.8, 4) is 0 Å². The molecule has 31 heavy (non-hydrogen) atoms. The third-order valence-corrected chi connectivity index (χ3v) is 6.95. The third kappa shape index (κ3) is 8.73. The molecule has 1 rings (SSSR count). The van der Waals surface area contributed by atoms with Crippen molar-refractivity contribution in [2.45, 2.75) is 112 Å². The molecule has 0 radical (unpaired) electrons. The lowest BCUT2D eigenvalue weighted by Gasteiger charge is -2.39. The first kappa shape index (κ1) is 27.9. The molecule has 0 aliphatic carbocycles. The molecule has 2 nitrogen and oxygen atoms in total. The molecule has 0 bridgehead atoms. The SMILES string of the molecule is C=C(C)c1cc(C(C)(C)CC(C)(C)CCCN)cc(C(C)(C)CC(C)(C)CCCN)c1. The van der Waals surface area contributed by atoms with Gasteiger partial charge in [-0.15, -0.1) is 0 Å². The highest BCUT2D eigenvalue weighted by atomic mass is 14.5. The van der Waals surface area contributed by atoms with Gasteiger partial charge in [-0.3, -0.25) is 0 Å². The Kier molecular flexibility index (Phi) is 9.60. The molecule has 1 aromatic rings. The Bertz CT molecular complexity index is 670. The lowest BCUT2D eigenvalue weighted by atomic mass is 9.66. The van der Waals surface area contributed by atoms with E-state index in [1.807, 2.05) is 0 Å². The first-order valence-electron chi connectivity index (χ1n) is 12.3. The fraction of sp³-hybridized carbons (Fsp3) is 0.724. The fourth-order valence-corrected chi connectivity index (χ4v) is 5.59. The van der Waals surface area contributed by atoms with Gasteiger partial charge < -0.3 is 11.5 Å². The number of allylic oxidation sites excluding steroid dienone is 1. The topological polar surface area (TPSA) is 52.0 Å². The van der Waals surface area contributed by atoms with Crippen molar-refractivity contribution in [2.24, 2.45) is 22.3 Å². The Morgan fingerprint density at radius 2 is 1.06 bits per heavy atom. The maximum atomic E-state index is 5.80. The van der Waals surface area contributed by atoms with Gasteiger partial charge in [0.25, 0.3) is 0 Å². The van der Waals surface area contributed by atoms with Gasteiger partial charge in [0.2, 0.25) is 0 Å². The fourth-order valence-electron chi connectivity index (χ4n) is 5.59. The van der Waals surface area contributed by atoms with Crippen molar-refractivity contribution in [3.63, 3.8) is 0 Å². The molecule has 4 N–H and O–H groups in total. The van der Waals surface area contributed by atoms with E-state index in [1.165, 1.54) is 29.5 Å². The molecule has 178 valence electrons. The second-order valence-electron chi connectivity index (χ2n) is 12.8. The second-order valence-corrected chi connectivity index (χ2v) is 12.8. The van der Waals surface area contributed by atoms with Crippen LogP contribution in [-0.4, -0.2) is 13.1 Å². The molecule has 0 spiro atoms. The predicted octanol–water partition coefficient (Wildman–Crippen LogP) is 7.59. The van der Waals surface area contributed by atoms with Crippen LogP contribution in [0.2, 0.25) is 0 Å². The van der Waals surface area contributed by atoms with E-state index in [2.05, 4.69) is 87.1 Å². The highest BCUT2D eigenvalue weighted by Crippen LogP contribution is 2.44. The van der Waals surface area contributed by atoms with Crippen molar-refractivity contribution in [1.82, 2.24) is 0 Å². The summed E-state index contributed by atoms with van der Waals surface area (Å²) in [6.45, 7) is 27.1. The molecule has 0 unspecified atom stereocenters. The largest absolute Gasteiger partial charge is 0.330 e. The molecule has 0 atom stereocenters. The normalized spacial score (nSPS) is 13.5. The maximum absolute atomic E-state index is 5.80. The first-order valence-corrected chi connectivity index (χ1v) is 12.3. The summed E-state index contributed by atoms with van der Waals surface area (Å²) in [6, 6.07) is 7.23. The summed E-state index contributed by atoms with van der Waals surface area (Å²) in [5.41, 5.74) is 17.6. The first-order chi connectivity index (χ1) is 14.1. The van der Waals surface area contributed by atoms with E-state index in [0.717, 1.165) is 44.3 Å². The van der Waals surface area contributed by atoms with Crippen LogP contribution in [0.4, 0.5) is 0 Å². The zero-order chi connectivity index (χ0) is 24.1. The third-order valence-electron chi connectivity index (χ3n) is 6.95. The minimum absolute atomic E-state index is 0.0868. The lowest BCUT2D eigenvalue weighted by molar-refractivity contribution is 0.231. The van der Waals surface area contributed by atoms with Crippen LogP contribution in [0.1, 0.15) is 118 Å². The van der Waals surface area contributed by atoms with Gasteiger partial charge in [-0.2, -0.15) is 0 Å². The van der Waals surface area contributed by atoms with E-state index < -0.39 is 0 Å². The van der Waals surface area contributed by atoms with E-state index in [-0.39, 0.29) is 21.7 Å². The Morgan fingerprint density at radius 1 is 0.710 bits per heavy atom. The van der Waals surface area contributed by atoms with Crippen LogP contribution in [0.25, 0.3) is 5.57 Å². The molecule has 0 aliphatic rings. The highest BCUT2D eigenvalue weighted by Gasteiger charge is 2.34. The Balaban J connectivity index is 3.35. The lowest BCUT2D eigenvalue weighted by Crippen LogP contribution is -2.30. The van der Waals surface area contributed by atoms with Crippen LogP contribution in [-0.2, 0) is 10.8 Å². The molecular weight excluding hydrogens is 376 g/mol. The zero-order valence-electron chi connectivity index (χ0n) is 22.3. The number of benzene rings is 1. The Hall–Kier alpha value is -1.12. The van der Waals surface area contributed by atoms with E-state index >= 15 is 0 Å². The smallest absolute Gasteiger partial charge is 0.00771 e. The molecule has 1 aromatic carbocycles. The Morgan fingerprint density at radius 3 is 1.35 bits per heavy atom. The molecule has 0 aliphatic heterocycles. The number of rotatable bonds is 13. The summed E-state index contributed by atoms with van der Waals surface area (Å²) < 4.78 is 0. The minimum Gasteiger partial charge on any atom is -0.330 e. The molecule has 0 saturated heterocycles. The highest BCUT2D eigenvalue weighted by molar-refractivity contribution is 5.63. The van der Waals surface area contributed by atoms with E-state index in [0.29, 0.717) is 0 Å². The van der Waals surface area contributed by atoms with Crippen molar-refractivity contribution in [1.29, 1.82) is 0 Å². The average Bonchev–Trinajstić information content (AvgIpc) is 2.62. The molecule has 0 heterocycles. The van der Waals surface area contributed by atoms with Gasteiger partial charge in [-0.25, -0.2) is 0 Å². The van der Waals surface area contributed by atoms with Gasteiger partial charge in [0.05, 0.1) is 0 Å². The maximum Gasteiger partial charge on any atom is -0.00771 e. The number of nitrogens with two attached hydrogens (primary N) is 2. The van der Waals surface area contributed by atoms with E-state index in [9.17, 15) is 0 Å². The van der Waals surface area contributed by atoms with Crippen LogP contribution < -0.4 is 11.5 Å². The summed E-state index contributed by atoms with van der Waals surface area (Å²) in [5, 5.41) is 0. The zero-order valence-corrected chi connectivity index (χ0v) is 22.3. The van der Waals surface area contributed by atoms with Crippen molar-refractivity contribution < 1.29 is 0 Å². The van der Waals surface area contributed by atoms with Crippen LogP contribution >= 0.6 is 0 Å². The molecular formula is C29H52N2. The van der Waals surface area contributed by atoms with Gasteiger partial charge in [0.1, 0.15) is 0 Å². The van der Waals surface area contributed by atoms with Gasteiger partial charge in [0, 0.05) is 0 Å². The summed E-state index contributed by atoms with van der Waals surface area (Å²) in [7, 11) is 0. The van der Waals surface area contributed by atoms with E-state index in [1.54, 1.807) is 0 Å². The van der Waals surface area contributed by atoms with Crippen molar-refractivity contribution in [3.05, 3.63) is 41.5 Å². The molecule has 0 amide bonds. The molecule has 2 heteroatoms. The average molecular weight is 429 g/mol. The predicted molar refractivity (Wildman–Crippen MR) is 141 cm³/mol. The summed E-state index contributed by atoms with van der Waals surface area (Å²) in [4.78, 5) is 0. The Labute approximate surface area is 194 Å². The molecule has 0 aromatic heterocycles. The van der Waals surface area contributed by atoms with E-state index in [4.69, 9.17) is 11.5 Å². The van der Waals surface area contributed by atoms with Crippen molar-refractivity contribution >= 4 is 5.57 Å². The van der Waals surface area contributed by atoms with Gasteiger partial charge in [0.15, 0.2) is 0 Å². The second kappa shape index (κ2) is 10.7. The van der Waals surface area contributed by atoms with Gasteiger partial charge in [-0.1, -0.05) is 85.7 Å². The van der Waals surface area contributed by atoms with Crippen LogP contribution in [0, 0.1) is 10.8 Å². The summed E-state index contributed by atoms with van der Waals surface area (Å²) in [5.74, 6) is 0. The van der Waals surface area contributed by atoms with Crippen molar-refractivity contribution in [2.75, 3.05) is 13.1 Å². The van der Waals surface area contributed by atoms with Gasteiger partial charge in [-0.05, 0) is 96.9 Å². The minimum atomic E-state index is 0.0868. The molecule has 0 fully saturated rings. The number of hydrogen-bond acceptors (Lipinski definition) is 2. The summed E-state index contributed by atoms with van der Waals surface area (Å²) >= 11 is 0. The summed E-state index contributed by atoms with van der Waals surface area (Å²) in [6.07, 6.45) is 6.79. The monoisotopic (exact) mass is 428 g/mol. The van der Waals surface area contributed by atoms with Crippen LogP contribution in [0.5, 0.6) is 0 Å².